The highest BCUT2D eigenvalue weighted by atomic mass is 16.5. The average molecular weight is 388 g/mol. The average Bonchev–Trinajstić information content (AvgIpc) is 2.63. The number of carbonyl (C=O) groups is 1. The quantitative estimate of drug-likeness (QED) is 0.594. The third-order valence-electron chi connectivity index (χ3n) is 6.95. The Morgan fingerprint density at radius 3 is 1.37 bits per heavy atom. The molecule has 2 spiro atoms. The van der Waals surface area contributed by atoms with Gasteiger partial charge in [0.1, 0.15) is 0 Å². The summed E-state index contributed by atoms with van der Waals surface area (Å²) in [5, 5.41) is 34.2. The molecule has 0 aromatic heterocycles. The molecule has 3 heterocycles. The minimum absolute atomic E-state index is 0.100. The topological polar surface area (TPSA) is 108 Å². The van der Waals surface area contributed by atoms with Crippen molar-refractivity contribution in [2.75, 3.05) is 0 Å². The predicted octanol–water partition coefficient (Wildman–Crippen LogP) is 0.0781. The smallest absolute Gasteiger partial charge is 0.249 e. The number of hydrogen-bond acceptors (Lipinski definition) is 4. The number of amides is 1. The van der Waals surface area contributed by atoms with E-state index in [-0.39, 0.29) is 5.91 Å². The van der Waals surface area contributed by atoms with Crippen LogP contribution in [0.1, 0.15) is 81.1 Å². The zero-order chi connectivity index (χ0) is 20.8. The molecule has 0 atom stereocenters. The van der Waals surface area contributed by atoms with Crippen LogP contribution in [0.3, 0.4) is 0 Å². The van der Waals surface area contributed by atoms with Gasteiger partial charge in [0.2, 0.25) is 5.91 Å². The Kier molecular flexibility index (Phi) is 4.21. The summed E-state index contributed by atoms with van der Waals surface area (Å²) >= 11 is 0. The maximum absolute atomic E-state index is 13.4. The number of carbonyl (C=O) groups excluding carboxylic acids is 1. The summed E-state index contributed by atoms with van der Waals surface area (Å²) in [6.07, 6.45) is 1.93. The number of nitrogens with zero attached hydrogens (tertiary/aromatic N) is 3. The van der Waals surface area contributed by atoms with Gasteiger partial charge in [-0.2, -0.15) is 0 Å². The van der Waals surface area contributed by atoms with Crippen LogP contribution in [0.2, 0.25) is 0 Å². The van der Waals surface area contributed by atoms with Crippen molar-refractivity contribution >= 4 is 5.91 Å². The summed E-state index contributed by atoms with van der Waals surface area (Å²) in [5.41, 5.74) is -3.74. The third kappa shape index (κ3) is 2.76. The van der Waals surface area contributed by atoms with Crippen LogP contribution in [0.4, 0.5) is 0 Å². The van der Waals surface area contributed by atoms with E-state index in [9.17, 15) is 10.0 Å². The Morgan fingerprint density at radius 1 is 0.667 bits per heavy atom. The van der Waals surface area contributed by atoms with Crippen molar-refractivity contribution in [2.45, 2.75) is 114 Å². The molecule has 0 aliphatic carbocycles. The molecule has 0 radical (unpaired) electrons. The maximum Gasteiger partial charge on any atom is 0.249 e. The standard InChI is InChI=1S/C19H36N4O4/c1-14(2)9-18(10-15(3,4)21(14)25)13(24)20-19(23(18)27)11-16(5,6)22(26)17(7,8)12-19/h25-27H,9-12H2,1-8H3,(H,20,24)/p+3. The molecule has 0 bridgehead atoms. The Hall–Kier alpha value is -0.770. The van der Waals surface area contributed by atoms with Gasteiger partial charge in [-0.25, -0.2) is 0 Å². The van der Waals surface area contributed by atoms with Crippen LogP contribution >= 0.6 is 0 Å². The molecule has 8 nitrogen and oxygen atoms in total. The molecule has 7 N–H and O–H groups in total. The van der Waals surface area contributed by atoms with E-state index in [0.717, 1.165) is 0 Å². The van der Waals surface area contributed by atoms with Crippen molar-refractivity contribution in [1.82, 2.24) is 20.5 Å². The molecule has 3 saturated heterocycles. The zero-order valence-electron chi connectivity index (χ0n) is 18.1. The van der Waals surface area contributed by atoms with Gasteiger partial charge in [0, 0.05) is 25.7 Å². The van der Waals surface area contributed by atoms with Crippen molar-refractivity contribution in [3.63, 3.8) is 0 Å². The van der Waals surface area contributed by atoms with Crippen molar-refractivity contribution in [1.29, 1.82) is 0 Å². The molecule has 0 unspecified atom stereocenters. The number of hydroxylamine groups is 6. The second-order valence-electron chi connectivity index (χ2n) is 11.5. The van der Waals surface area contributed by atoms with Gasteiger partial charge in [0.05, 0.1) is 22.2 Å². The van der Waals surface area contributed by atoms with Crippen molar-refractivity contribution in [2.24, 2.45) is 0 Å². The molecule has 8 heteroatoms. The summed E-state index contributed by atoms with van der Waals surface area (Å²) in [6, 6.07) is 0. The van der Waals surface area contributed by atoms with Gasteiger partial charge in [-0.1, -0.05) is 10.1 Å². The lowest BCUT2D eigenvalue weighted by molar-refractivity contribution is -0.325. The van der Waals surface area contributed by atoms with Crippen molar-refractivity contribution < 1.29 is 20.4 Å². The molecule has 0 aromatic rings. The van der Waals surface area contributed by atoms with Gasteiger partial charge in [-0.05, 0) is 60.5 Å². The van der Waals surface area contributed by atoms with E-state index in [1.54, 1.807) is 10.1 Å². The molecule has 0 aromatic carbocycles. The number of nitrogens with one attached hydrogen (secondary N) is 1. The second-order valence-corrected chi connectivity index (χ2v) is 11.5. The van der Waals surface area contributed by atoms with E-state index >= 15 is 0 Å². The van der Waals surface area contributed by atoms with Crippen LogP contribution in [0.15, 0.2) is 0 Å². The van der Waals surface area contributed by atoms with Gasteiger partial charge in [-0.3, -0.25) is 4.79 Å². The second kappa shape index (κ2) is 5.43. The minimum Gasteiger partial charge on any atom is -0.338 e. The summed E-state index contributed by atoms with van der Waals surface area (Å²) in [5.74, 6) is -0.100. The highest BCUT2D eigenvalue weighted by Crippen LogP contribution is 2.54. The fourth-order valence-corrected chi connectivity index (χ4v) is 6.40. The van der Waals surface area contributed by atoms with Crippen LogP contribution in [-0.4, -0.2) is 70.1 Å². The molecule has 27 heavy (non-hydrogen) atoms. The lowest BCUT2D eigenvalue weighted by Gasteiger charge is -2.55. The lowest BCUT2D eigenvalue weighted by Crippen LogP contribution is -2.73. The highest BCUT2D eigenvalue weighted by Gasteiger charge is 2.74. The van der Waals surface area contributed by atoms with E-state index in [1.165, 1.54) is 5.06 Å². The van der Waals surface area contributed by atoms with E-state index in [1.807, 2.05) is 55.4 Å². The molecule has 3 fully saturated rings. The molecule has 3 aliphatic heterocycles. The van der Waals surface area contributed by atoms with Crippen LogP contribution in [-0.2, 0) is 4.79 Å². The molecule has 156 valence electrons. The normalized spacial score (nSPS) is 34.1. The number of piperidine rings is 2. The predicted molar refractivity (Wildman–Crippen MR) is 105 cm³/mol. The fourth-order valence-electron chi connectivity index (χ4n) is 6.40. The van der Waals surface area contributed by atoms with Crippen LogP contribution < -0.4 is 5.32 Å². The maximum atomic E-state index is 13.4. The fraction of sp³-hybridized carbons (Fsp3) is 0.947. The van der Waals surface area contributed by atoms with Crippen molar-refractivity contribution in [3.8, 4) is 0 Å². The Bertz CT molecular complexity index is 622. The zero-order valence-corrected chi connectivity index (χ0v) is 18.1. The van der Waals surface area contributed by atoms with E-state index < -0.39 is 33.4 Å². The third-order valence-corrected chi connectivity index (χ3v) is 6.95. The first-order valence-electron chi connectivity index (χ1n) is 9.80. The van der Waals surface area contributed by atoms with E-state index in [0.29, 0.717) is 25.7 Å². The molecule has 3 rings (SSSR count). The monoisotopic (exact) mass is 387 g/mol. The Morgan fingerprint density at radius 2 is 1.00 bits per heavy atom. The summed E-state index contributed by atoms with van der Waals surface area (Å²) in [7, 11) is 0. The van der Waals surface area contributed by atoms with Crippen LogP contribution in [0.25, 0.3) is 0 Å². The van der Waals surface area contributed by atoms with Crippen molar-refractivity contribution in [3.05, 3.63) is 0 Å². The SMILES string of the molecule is CC1(C)CC2(CC(C)(C)N1[OH2+])NC(=O)C1(CC(C)(C)N([OH2+])C(C)(C)C1)N2[OH2+]. The summed E-state index contributed by atoms with van der Waals surface area (Å²) in [4.78, 5) is 13.4. The van der Waals surface area contributed by atoms with Gasteiger partial charge in [-0.15, -0.1) is 0 Å². The molecule has 3 aliphatic rings. The molecular formula is C19H39N4O4+3. The van der Waals surface area contributed by atoms with Crippen LogP contribution in [0.5, 0.6) is 0 Å². The molecular weight excluding hydrogens is 348 g/mol. The molecule has 1 amide bonds. The lowest BCUT2D eigenvalue weighted by atomic mass is 9.69. The first-order chi connectivity index (χ1) is 11.9. The van der Waals surface area contributed by atoms with Gasteiger partial charge < -0.3 is 20.9 Å². The minimum atomic E-state index is -0.957. The highest BCUT2D eigenvalue weighted by molar-refractivity contribution is 5.90. The summed E-state index contributed by atoms with van der Waals surface area (Å²) in [6.45, 7) is 16.0. The van der Waals surface area contributed by atoms with Crippen LogP contribution in [0, 0.1) is 0 Å². The Labute approximate surface area is 162 Å². The molecule has 0 saturated carbocycles. The van der Waals surface area contributed by atoms with E-state index in [2.05, 4.69) is 5.32 Å². The first-order valence-corrected chi connectivity index (χ1v) is 9.80. The van der Waals surface area contributed by atoms with E-state index in [4.69, 9.17) is 10.4 Å². The van der Waals surface area contributed by atoms with Gasteiger partial charge in [0.25, 0.3) is 0 Å². The van der Waals surface area contributed by atoms with Gasteiger partial charge in [0.15, 0.2) is 11.2 Å². The Balaban J connectivity index is 2.07. The number of rotatable bonds is 0. The largest absolute Gasteiger partial charge is 0.338 e. The number of hydrogen-bond donors (Lipinski definition) is 1. The first kappa shape index (κ1) is 21.0. The summed E-state index contributed by atoms with van der Waals surface area (Å²) < 4.78 is 0. The van der Waals surface area contributed by atoms with Gasteiger partial charge >= 0.3 is 0 Å².